The maximum absolute atomic E-state index is 14.6. The monoisotopic (exact) mass is 363 g/mol. The Morgan fingerprint density at radius 2 is 1.92 bits per heavy atom. The zero-order valence-corrected chi connectivity index (χ0v) is 15.2. The van der Waals surface area contributed by atoms with Crippen LogP contribution in [0.25, 0.3) is 0 Å². The second-order valence-corrected chi connectivity index (χ2v) is 7.92. The summed E-state index contributed by atoms with van der Waals surface area (Å²) in [5.41, 5.74) is 2.17. The van der Waals surface area contributed by atoms with Gasteiger partial charge in [-0.3, -0.25) is 0 Å². The van der Waals surface area contributed by atoms with Crippen LogP contribution in [0.2, 0.25) is 0 Å². The SMILES string of the molecule is CNCCCN1Cc2ccccc2N(c2ccc(C)cc2F)S1(=O)=O. The summed E-state index contributed by atoms with van der Waals surface area (Å²) in [5.74, 6) is -0.546. The predicted molar refractivity (Wildman–Crippen MR) is 97.6 cm³/mol. The summed E-state index contributed by atoms with van der Waals surface area (Å²) in [6, 6.07) is 11.8. The number of halogens is 1. The van der Waals surface area contributed by atoms with Crippen LogP contribution in [0.3, 0.4) is 0 Å². The zero-order valence-electron chi connectivity index (χ0n) is 14.4. The highest BCUT2D eigenvalue weighted by molar-refractivity contribution is 7.90. The average molecular weight is 363 g/mol. The highest BCUT2D eigenvalue weighted by Crippen LogP contribution is 2.39. The number of aryl methyl sites for hydroxylation is 1. The van der Waals surface area contributed by atoms with Gasteiger partial charge in [0.1, 0.15) is 5.82 Å². The van der Waals surface area contributed by atoms with Gasteiger partial charge in [0, 0.05) is 13.1 Å². The van der Waals surface area contributed by atoms with E-state index in [2.05, 4.69) is 5.32 Å². The second-order valence-electron chi connectivity index (χ2n) is 6.15. The van der Waals surface area contributed by atoms with Gasteiger partial charge in [0.15, 0.2) is 0 Å². The molecular formula is C18H22FN3O2S. The van der Waals surface area contributed by atoms with E-state index in [1.165, 1.54) is 16.4 Å². The van der Waals surface area contributed by atoms with E-state index in [0.29, 0.717) is 31.7 Å². The second kappa shape index (κ2) is 7.11. The molecule has 0 saturated carbocycles. The van der Waals surface area contributed by atoms with Crippen molar-refractivity contribution in [3.63, 3.8) is 0 Å². The minimum absolute atomic E-state index is 0.0522. The number of para-hydroxylation sites is 1. The highest BCUT2D eigenvalue weighted by Gasteiger charge is 2.38. The molecule has 0 bridgehead atoms. The van der Waals surface area contributed by atoms with Crippen molar-refractivity contribution in [3.8, 4) is 0 Å². The molecule has 0 saturated heterocycles. The number of hydrogen-bond acceptors (Lipinski definition) is 3. The van der Waals surface area contributed by atoms with E-state index in [-0.39, 0.29) is 5.69 Å². The van der Waals surface area contributed by atoms with Crippen LogP contribution < -0.4 is 9.62 Å². The van der Waals surface area contributed by atoms with E-state index in [1.807, 2.05) is 19.2 Å². The number of nitrogens with zero attached hydrogens (tertiary/aromatic N) is 2. The molecule has 0 aromatic heterocycles. The minimum Gasteiger partial charge on any atom is -0.320 e. The molecule has 0 aliphatic carbocycles. The largest absolute Gasteiger partial charge is 0.320 e. The molecule has 2 aromatic rings. The lowest BCUT2D eigenvalue weighted by Gasteiger charge is -2.37. The van der Waals surface area contributed by atoms with Crippen LogP contribution >= 0.6 is 0 Å². The van der Waals surface area contributed by atoms with Crippen molar-refractivity contribution in [2.45, 2.75) is 19.9 Å². The number of hydrogen-bond donors (Lipinski definition) is 1. The Morgan fingerprint density at radius 3 is 2.64 bits per heavy atom. The van der Waals surface area contributed by atoms with Crippen LogP contribution in [-0.4, -0.2) is 32.9 Å². The van der Waals surface area contributed by atoms with Gasteiger partial charge in [0.25, 0.3) is 0 Å². The summed E-state index contributed by atoms with van der Waals surface area (Å²) >= 11 is 0. The fourth-order valence-electron chi connectivity index (χ4n) is 3.01. The molecule has 7 heteroatoms. The Morgan fingerprint density at radius 1 is 1.16 bits per heavy atom. The summed E-state index contributed by atoms with van der Waals surface area (Å²) in [4.78, 5) is 0. The molecule has 25 heavy (non-hydrogen) atoms. The summed E-state index contributed by atoms with van der Waals surface area (Å²) in [6.07, 6.45) is 0.683. The first-order valence-corrected chi connectivity index (χ1v) is 9.64. The van der Waals surface area contributed by atoms with E-state index < -0.39 is 16.0 Å². The Balaban J connectivity index is 2.10. The van der Waals surface area contributed by atoms with Crippen LogP contribution in [0.4, 0.5) is 15.8 Å². The maximum Gasteiger partial charge on any atom is 0.308 e. The van der Waals surface area contributed by atoms with Gasteiger partial charge in [-0.05, 0) is 56.3 Å². The van der Waals surface area contributed by atoms with Crippen molar-refractivity contribution in [2.24, 2.45) is 0 Å². The lowest BCUT2D eigenvalue weighted by molar-refractivity contribution is 0.392. The molecule has 5 nitrogen and oxygen atoms in total. The summed E-state index contributed by atoms with van der Waals surface area (Å²) in [7, 11) is -2.02. The van der Waals surface area contributed by atoms with E-state index in [0.717, 1.165) is 15.4 Å². The van der Waals surface area contributed by atoms with E-state index in [9.17, 15) is 12.8 Å². The molecule has 0 amide bonds. The van der Waals surface area contributed by atoms with Crippen LogP contribution in [0, 0.1) is 12.7 Å². The normalized spacial score (nSPS) is 16.7. The summed E-state index contributed by atoms with van der Waals surface area (Å²) in [6.45, 7) is 3.16. The Kier molecular flexibility index (Phi) is 5.08. The smallest absolute Gasteiger partial charge is 0.308 e. The van der Waals surface area contributed by atoms with Crippen LogP contribution in [0.1, 0.15) is 17.5 Å². The van der Waals surface area contributed by atoms with Crippen molar-refractivity contribution in [3.05, 3.63) is 59.4 Å². The topological polar surface area (TPSA) is 52.6 Å². The highest BCUT2D eigenvalue weighted by atomic mass is 32.2. The van der Waals surface area contributed by atoms with Gasteiger partial charge in [-0.15, -0.1) is 0 Å². The lowest BCUT2D eigenvalue weighted by Crippen LogP contribution is -2.46. The van der Waals surface area contributed by atoms with Gasteiger partial charge >= 0.3 is 10.2 Å². The lowest BCUT2D eigenvalue weighted by atomic mass is 10.1. The third-order valence-electron chi connectivity index (χ3n) is 4.27. The Hall–Kier alpha value is -1.96. The standard InChI is InChI=1S/C18H22FN3O2S/c1-14-8-9-18(16(19)12-14)22-17-7-4-3-6-15(17)13-21(25(22,23)24)11-5-10-20-2/h3-4,6-9,12,20H,5,10-11,13H2,1-2H3. The summed E-state index contributed by atoms with van der Waals surface area (Å²) < 4.78 is 43.4. The Labute approximate surface area is 148 Å². The molecule has 0 fully saturated rings. The molecule has 1 heterocycles. The summed E-state index contributed by atoms with van der Waals surface area (Å²) in [5, 5.41) is 3.02. The quantitative estimate of drug-likeness (QED) is 0.831. The van der Waals surface area contributed by atoms with Crippen LogP contribution in [0.5, 0.6) is 0 Å². The number of rotatable bonds is 5. The molecule has 3 rings (SSSR count). The van der Waals surface area contributed by atoms with Crippen molar-refractivity contribution in [1.82, 2.24) is 9.62 Å². The third-order valence-corrected chi connectivity index (χ3v) is 6.09. The molecule has 134 valence electrons. The third kappa shape index (κ3) is 3.40. The fourth-order valence-corrected chi connectivity index (χ4v) is 4.73. The predicted octanol–water partition coefficient (Wildman–Crippen LogP) is 2.94. The van der Waals surface area contributed by atoms with Gasteiger partial charge in [0.2, 0.25) is 0 Å². The number of fused-ring (bicyclic) bond motifs is 1. The van der Waals surface area contributed by atoms with Gasteiger partial charge in [-0.25, -0.2) is 8.70 Å². The first-order valence-electron chi connectivity index (χ1n) is 8.24. The minimum atomic E-state index is -3.85. The molecule has 0 atom stereocenters. The van der Waals surface area contributed by atoms with Gasteiger partial charge in [-0.1, -0.05) is 24.3 Å². The molecule has 1 aliphatic heterocycles. The average Bonchev–Trinajstić information content (AvgIpc) is 2.57. The molecule has 0 radical (unpaired) electrons. The maximum atomic E-state index is 14.6. The Bertz CT molecular complexity index is 870. The van der Waals surface area contributed by atoms with Crippen molar-refractivity contribution >= 4 is 21.6 Å². The van der Waals surface area contributed by atoms with Gasteiger partial charge in [-0.2, -0.15) is 12.7 Å². The molecule has 1 aliphatic rings. The first kappa shape index (κ1) is 17.8. The first-order chi connectivity index (χ1) is 11.9. The molecule has 1 N–H and O–H groups in total. The van der Waals surface area contributed by atoms with E-state index in [4.69, 9.17) is 0 Å². The van der Waals surface area contributed by atoms with Crippen LogP contribution in [0.15, 0.2) is 42.5 Å². The molecule has 0 unspecified atom stereocenters. The van der Waals surface area contributed by atoms with Crippen molar-refractivity contribution < 1.29 is 12.8 Å². The van der Waals surface area contributed by atoms with E-state index >= 15 is 0 Å². The van der Waals surface area contributed by atoms with E-state index in [1.54, 1.807) is 25.1 Å². The van der Waals surface area contributed by atoms with Gasteiger partial charge < -0.3 is 5.32 Å². The molecule has 2 aromatic carbocycles. The van der Waals surface area contributed by atoms with Crippen molar-refractivity contribution in [1.29, 1.82) is 0 Å². The number of nitrogens with one attached hydrogen (secondary N) is 1. The van der Waals surface area contributed by atoms with Gasteiger partial charge in [0.05, 0.1) is 11.4 Å². The number of anilines is 2. The van der Waals surface area contributed by atoms with Crippen LogP contribution in [-0.2, 0) is 16.8 Å². The molecular weight excluding hydrogens is 341 g/mol. The van der Waals surface area contributed by atoms with Crippen molar-refractivity contribution in [2.75, 3.05) is 24.4 Å². The fraction of sp³-hybridized carbons (Fsp3) is 0.333. The molecule has 0 spiro atoms. The zero-order chi connectivity index (χ0) is 18.0. The number of benzene rings is 2.